The Morgan fingerprint density at radius 3 is 2.84 bits per heavy atom. The summed E-state index contributed by atoms with van der Waals surface area (Å²) in [5.41, 5.74) is 2.41. The van der Waals surface area contributed by atoms with Gasteiger partial charge in [-0.25, -0.2) is 4.98 Å². The summed E-state index contributed by atoms with van der Waals surface area (Å²) < 4.78 is 17.8. The average molecular weight is 376 g/mol. The van der Waals surface area contributed by atoms with Crippen molar-refractivity contribution in [2.24, 2.45) is 0 Å². The molecule has 2 heterocycles. The molecule has 1 atom stereocenters. The lowest BCUT2D eigenvalue weighted by atomic mass is 10.1. The molecule has 2 aromatic heterocycles. The smallest absolute Gasteiger partial charge is 0.198 e. The van der Waals surface area contributed by atoms with E-state index in [1.165, 1.54) is 0 Å². The fourth-order valence-electron chi connectivity index (χ4n) is 2.62. The summed E-state index contributed by atoms with van der Waals surface area (Å²) in [6.45, 7) is 5.98. The van der Waals surface area contributed by atoms with Crippen molar-refractivity contribution < 1.29 is 8.95 Å². The monoisotopic (exact) mass is 375 g/mol. The third kappa shape index (κ3) is 3.43. The van der Waals surface area contributed by atoms with Crippen LogP contribution in [0.15, 0.2) is 46.6 Å². The number of pyridine rings is 1. The summed E-state index contributed by atoms with van der Waals surface area (Å²) in [6.07, 6.45) is 1.75. The highest BCUT2D eigenvalue weighted by Crippen LogP contribution is 2.36. The predicted octanol–water partition coefficient (Wildman–Crippen LogP) is 4.12. The van der Waals surface area contributed by atoms with Crippen LogP contribution in [0.2, 0.25) is 0 Å². The lowest BCUT2D eigenvalue weighted by Gasteiger charge is -2.24. The zero-order chi connectivity index (χ0) is 18.0. The predicted molar refractivity (Wildman–Crippen MR) is 103 cm³/mol. The number of nitrogens with one attached hydrogen (secondary N) is 1. The Morgan fingerprint density at radius 2 is 2.12 bits per heavy atom. The number of H-pyrrole nitrogens is 1. The largest absolute Gasteiger partial charge is 0.497 e. The maximum atomic E-state index is 13.3. The number of aromatic nitrogens is 3. The minimum absolute atomic E-state index is 0.450. The summed E-state index contributed by atoms with van der Waals surface area (Å²) in [5.74, 6) is 1.67. The van der Waals surface area contributed by atoms with Crippen molar-refractivity contribution in [2.45, 2.75) is 35.6 Å². The van der Waals surface area contributed by atoms with Gasteiger partial charge in [-0.1, -0.05) is 6.92 Å². The van der Waals surface area contributed by atoms with Gasteiger partial charge >= 0.3 is 0 Å². The normalized spacial score (nSPS) is 13.1. The fourth-order valence-corrected chi connectivity index (χ4v) is 4.82. The second-order valence-electron chi connectivity index (χ2n) is 5.99. The highest BCUT2D eigenvalue weighted by atomic mass is 32.2. The first-order valence-corrected chi connectivity index (χ1v) is 10.1. The van der Waals surface area contributed by atoms with Crippen LogP contribution < -0.4 is 4.74 Å². The third-order valence-corrected chi connectivity index (χ3v) is 6.54. The van der Waals surface area contributed by atoms with E-state index in [-0.39, 0.29) is 0 Å². The Hall–Kier alpha value is -1.86. The van der Waals surface area contributed by atoms with Gasteiger partial charge in [-0.2, -0.15) is 0 Å². The van der Waals surface area contributed by atoms with Crippen LogP contribution in [0.25, 0.3) is 11.0 Å². The first kappa shape index (κ1) is 17.9. The highest BCUT2D eigenvalue weighted by molar-refractivity contribution is 7.99. The van der Waals surface area contributed by atoms with Crippen LogP contribution >= 0.6 is 11.8 Å². The second kappa shape index (κ2) is 7.17. The number of imidazole rings is 1. The highest BCUT2D eigenvalue weighted by Gasteiger charge is 2.35. The summed E-state index contributed by atoms with van der Waals surface area (Å²) in [4.78, 5) is 13.3. The SMILES string of the molecule is CCSc1cccnc1C(C)(C)S(=O)c1nc2ccc(OC)cc2[nH]1. The van der Waals surface area contributed by atoms with Crippen molar-refractivity contribution >= 4 is 33.6 Å². The molecule has 132 valence electrons. The molecule has 0 aliphatic heterocycles. The number of fused-ring (bicyclic) bond motifs is 1. The van der Waals surface area contributed by atoms with Crippen LogP contribution in [-0.2, 0) is 15.5 Å². The minimum atomic E-state index is -1.38. The standard InChI is InChI=1S/C18H21N3O2S2/c1-5-24-15-7-6-10-19-16(15)18(2,3)25(22)17-20-13-9-8-12(23-4)11-14(13)21-17/h6-11H,5H2,1-4H3,(H,20,21). The Kier molecular flexibility index (Phi) is 5.15. The van der Waals surface area contributed by atoms with E-state index >= 15 is 0 Å². The maximum absolute atomic E-state index is 13.3. The molecule has 0 saturated carbocycles. The summed E-state index contributed by atoms with van der Waals surface area (Å²) in [7, 11) is 0.236. The summed E-state index contributed by atoms with van der Waals surface area (Å²) >= 11 is 1.71. The molecule has 0 fully saturated rings. The van der Waals surface area contributed by atoms with Gasteiger partial charge in [0.25, 0.3) is 0 Å². The molecule has 0 radical (unpaired) electrons. The van der Waals surface area contributed by atoms with Crippen molar-refractivity contribution in [3.63, 3.8) is 0 Å². The third-order valence-electron chi connectivity index (χ3n) is 3.95. The molecule has 0 aliphatic rings. The van der Waals surface area contributed by atoms with Gasteiger partial charge in [0.2, 0.25) is 0 Å². The van der Waals surface area contributed by atoms with Gasteiger partial charge in [0.05, 0.1) is 28.6 Å². The van der Waals surface area contributed by atoms with Gasteiger partial charge in [-0.15, -0.1) is 11.8 Å². The van der Waals surface area contributed by atoms with Gasteiger partial charge < -0.3 is 9.72 Å². The van der Waals surface area contributed by atoms with E-state index in [1.54, 1.807) is 25.1 Å². The van der Waals surface area contributed by atoms with E-state index < -0.39 is 15.5 Å². The van der Waals surface area contributed by atoms with Gasteiger partial charge in [-0.3, -0.25) is 9.19 Å². The average Bonchev–Trinajstić information content (AvgIpc) is 3.04. The van der Waals surface area contributed by atoms with Crippen LogP contribution in [0.5, 0.6) is 5.75 Å². The molecule has 3 aromatic rings. The molecule has 1 aromatic carbocycles. The molecule has 0 spiro atoms. The molecule has 25 heavy (non-hydrogen) atoms. The number of rotatable bonds is 6. The maximum Gasteiger partial charge on any atom is 0.198 e. The van der Waals surface area contributed by atoms with E-state index in [0.29, 0.717) is 5.16 Å². The lowest BCUT2D eigenvalue weighted by molar-refractivity contribution is 0.415. The summed E-state index contributed by atoms with van der Waals surface area (Å²) in [5, 5.41) is 0.450. The Morgan fingerprint density at radius 1 is 1.32 bits per heavy atom. The Balaban J connectivity index is 2.01. The van der Waals surface area contributed by atoms with Gasteiger partial charge in [0, 0.05) is 17.2 Å². The van der Waals surface area contributed by atoms with Crippen LogP contribution in [-0.4, -0.2) is 32.0 Å². The first-order valence-electron chi connectivity index (χ1n) is 8.01. The van der Waals surface area contributed by atoms with Crippen LogP contribution in [0, 0.1) is 0 Å². The van der Waals surface area contributed by atoms with E-state index in [1.807, 2.05) is 44.2 Å². The van der Waals surface area contributed by atoms with Crippen molar-refractivity contribution in [3.05, 3.63) is 42.2 Å². The number of thioether (sulfide) groups is 1. The van der Waals surface area contributed by atoms with Crippen molar-refractivity contribution in [2.75, 3.05) is 12.9 Å². The zero-order valence-electron chi connectivity index (χ0n) is 14.7. The molecule has 0 amide bonds. The number of methoxy groups -OCH3 is 1. The fraction of sp³-hybridized carbons (Fsp3) is 0.333. The molecule has 5 nitrogen and oxygen atoms in total. The quantitative estimate of drug-likeness (QED) is 0.656. The van der Waals surface area contributed by atoms with Gasteiger partial charge in [-0.05, 0) is 43.9 Å². The van der Waals surface area contributed by atoms with Crippen molar-refractivity contribution in [3.8, 4) is 5.75 Å². The molecule has 0 bridgehead atoms. The molecular formula is C18H21N3O2S2. The number of ether oxygens (including phenoxy) is 1. The van der Waals surface area contributed by atoms with Crippen LogP contribution in [0.1, 0.15) is 26.5 Å². The van der Waals surface area contributed by atoms with Crippen LogP contribution in [0.3, 0.4) is 0 Å². The van der Waals surface area contributed by atoms with Crippen molar-refractivity contribution in [1.29, 1.82) is 0 Å². The lowest BCUT2D eigenvalue weighted by Crippen LogP contribution is -2.27. The van der Waals surface area contributed by atoms with Gasteiger partial charge in [0.1, 0.15) is 16.5 Å². The zero-order valence-corrected chi connectivity index (χ0v) is 16.3. The minimum Gasteiger partial charge on any atom is -0.497 e. The molecular weight excluding hydrogens is 354 g/mol. The summed E-state index contributed by atoms with van der Waals surface area (Å²) in [6, 6.07) is 9.50. The van der Waals surface area contributed by atoms with E-state index in [9.17, 15) is 4.21 Å². The number of hydrogen-bond acceptors (Lipinski definition) is 5. The number of aromatic amines is 1. The van der Waals surface area contributed by atoms with E-state index in [4.69, 9.17) is 4.74 Å². The Labute approximate surface area is 154 Å². The number of hydrogen-bond donors (Lipinski definition) is 1. The molecule has 7 heteroatoms. The second-order valence-corrected chi connectivity index (χ2v) is 9.24. The first-order chi connectivity index (χ1) is 12.0. The number of nitrogens with zero attached hydrogens (tertiary/aromatic N) is 2. The molecule has 0 aliphatic carbocycles. The van der Waals surface area contributed by atoms with Crippen molar-refractivity contribution in [1.82, 2.24) is 15.0 Å². The van der Waals surface area contributed by atoms with E-state index in [0.717, 1.165) is 33.1 Å². The van der Waals surface area contributed by atoms with E-state index in [2.05, 4.69) is 21.9 Å². The molecule has 3 rings (SSSR count). The molecule has 0 saturated heterocycles. The Bertz CT molecular complexity index is 922. The van der Waals surface area contributed by atoms with Crippen LogP contribution in [0.4, 0.5) is 0 Å². The molecule has 1 N–H and O–H groups in total. The van der Waals surface area contributed by atoms with Gasteiger partial charge in [0.15, 0.2) is 5.16 Å². The topological polar surface area (TPSA) is 67.9 Å². The molecule has 1 unspecified atom stereocenters. The number of benzene rings is 1.